The molecule has 0 saturated heterocycles. The number of pyridine rings is 1. The number of halogens is 2. The molecular weight excluding hydrogens is 813 g/mol. The molecule has 312 valence electrons. The maximum absolute atomic E-state index is 14.4. The van der Waals surface area contributed by atoms with Gasteiger partial charge in [-0.25, -0.2) is 4.79 Å². The summed E-state index contributed by atoms with van der Waals surface area (Å²) in [6.07, 6.45) is 4.22. The highest BCUT2D eigenvalue weighted by Crippen LogP contribution is 2.43. The van der Waals surface area contributed by atoms with Gasteiger partial charge in [0, 0.05) is 30.8 Å². The standard InChI is InChI=1S/C49H45Cl2N3O7/c1-3-42(33-7-5-4-6-8-33)54-27-36-25-45-44(60-29-47(61-45)34-14-16-37(17-15-34)59-28-31-11-18-39(50)40(51)21-31)24-35(36)23-43(54)48(55)53-41(49(56)57)22-30-9-12-32(13-10-30)38-19-20-52-26-46(38)58-2/h4-21,24-26,41-43,47H,3,22-23,27-29H2,1-2H3,(H,53,55)(H,56,57)/t41-,42-,43-,47+/m0/s1. The SMILES string of the molecule is CC[C@@H](c1ccccc1)N1Cc2cc3c(cc2C[C@H]1C(=O)N[C@@H](Cc1ccc(-c2ccncc2OC)cc1)C(=O)O)OC[C@H](c1ccc(OCc2ccc(Cl)c(Cl)c2)cc1)O3. The minimum absolute atomic E-state index is 0.107. The fraction of sp³-hybridized carbons (Fsp3) is 0.245. The molecule has 0 fully saturated rings. The zero-order valence-corrected chi connectivity index (χ0v) is 35.2. The molecule has 0 unspecified atom stereocenters. The maximum atomic E-state index is 14.4. The maximum Gasteiger partial charge on any atom is 0.326 e. The van der Waals surface area contributed by atoms with E-state index in [1.807, 2.05) is 91.0 Å². The van der Waals surface area contributed by atoms with Gasteiger partial charge in [0.25, 0.3) is 0 Å². The summed E-state index contributed by atoms with van der Waals surface area (Å²) in [5, 5.41) is 14.3. The van der Waals surface area contributed by atoms with Crippen molar-refractivity contribution in [1.29, 1.82) is 0 Å². The van der Waals surface area contributed by atoms with Crippen LogP contribution in [0.15, 0.2) is 128 Å². The number of carboxylic acid groups (broad SMARTS) is 1. The number of hydrogen-bond acceptors (Lipinski definition) is 8. The highest BCUT2D eigenvalue weighted by atomic mass is 35.5. The summed E-state index contributed by atoms with van der Waals surface area (Å²) in [7, 11) is 1.59. The number of hydrogen-bond donors (Lipinski definition) is 2. The highest BCUT2D eigenvalue weighted by molar-refractivity contribution is 6.42. The van der Waals surface area contributed by atoms with Crippen molar-refractivity contribution in [2.75, 3.05) is 13.7 Å². The number of carbonyl (C=O) groups excluding carboxylic acids is 1. The van der Waals surface area contributed by atoms with Crippen molar-refractivity contribution in [3.05, 3.63) is 171 Å². The van der Waals surface area contributed by atoms with Crippen LogP contribution in [0.2, 0.25) is 10.0 Å². The zero-order valence-electron chi connectivity index (χ0n) is 33.7. The van der Waals surface area contributed by atoms with Gasteiger partial charge in [0.1, 0.15) is 30.8 Å². The van der Waals surface area contributed by atoms with Crippen LogP contribution in [0.1, 0.15) is 58.9 Å². The van der Waals surface area contributed by atoms with E-state index in [2.05, 4.69) is 34.3 Å². The van der Waals surface area contributed by atoms with Crippen LogP contribution in [-0.4, -0.2) is 52.7 Å². The molecule has 2 N–H and O–H groups in total. The predicted molar refractivity (Wildman–Crippen MR) is 235 cm³/mol. The van der Waals surface area contributed by atoms with E-state index in [9.17, 15) is 14.7 Å². The van der Waals surface area contributed by atoms with E-state index in [-0.39, 0.29) is 24.5 Å². The second-order valence-electron chi connectivity index (χ2n) is 15.2. The van der Waals surface area contributed by atoms with Crippen LogP contribution in [0.5, 0.6) is 23.0 Å². The first kappa shape index (κ1) is 41.7. The Balaban J connectivity index is 0.992. The van der Waals surface area contributed by atoms with Crippen molar-refractivity contribution in [2.45, 2.75) is 63.6 Å². The second-order valence-corrected chi connectivity index (χ2v) is 16.0. The fourth-order valence-corrected chi connectivity index (χ4v) is 8.44. The number of carbonyl (C=O) groups is 2. The minimum Gasteiger partial charge on any atom is -0.494 e. The van der Waals surface area contributed by atoms with Gasteiger partial charge in [-0.1, -0.05) is 103 Å². The van der Waals surface area contributed by atoms with E-state index < -0.39 is 18.1 Å². The fourth-order valence-electron chi connectivity index (χ4n) is 8.12. The van der Waals surface area contributed by atoms with E-state index in [0.29, 0.717) is 59.2 Å². The largest absolute Gasteiger partial charge is 0.494 e. The molecule has 61 heavy (non-hydrogen) atoms. The lowest BCUT2D eigenvalue weighted by Gasteiger charge is -2.42. The van der Waals surface area contributed by atoms with Crippen molar-refractivity contribution in [3.8, 4) is 34.1 Å². The van der Waals surface area contributed by atoms with Crippen LogP contribution in [0, 0.1) is 0 Å². The van der Waals surface area contributed by atoms with Crippen LogP contribution < -0.4 is 24.3 Å². The lowest BCUT2D eigenvalue weighted by Crippen LogP contribution is -2.55. The van der Waals surface area contributed by atoms with Gasteiger partial charge in [-0.3, -0.25) is 14.7 Å². The lowest BCUT2D eigenvalue weighted by molar-refractivity contribution is -0.143. The predicted octanol–water partition coefficient (Wildman–Crippen LogP) is 9.85. The Hall–Kier alpha value is -6.07. The van der Waals surface area contributed by atoms with Crippen LogP contribution in [0.25, 0.3) is 11.1 Å². The molecule has 5 aromatic carbocycles. The van der Waals surface area contributed by atoms with E-state index in [1.54, 1.807) is 31.6 Å². The molecule has 0 aliphatic carbocycles. The summed E-state index contributed by atoms with van der Waals surface area (Å²) in [4.78, 5) is 33.4. The third-order valence-corrected chi connectivity index (χ3v) is 12.1. The lowest BCUT2D eigenvalue weighted by atomic mass is 9.89. The molecule has 0 saturated carbocycles. The van der Waals surface area contributed by atoms with E-state index in [0.717, 1.165) is 50.9 Å². The van der Waals surface area contributed by atoms with Gasteiger partial charge < -0.3 is 29.4 Å². The molecule has 6 aromatic rings. The van der Waals surface area contributed by atoms with Crippen molar-refractivity contribution in [2.24, 2.45) is 0 Å². The van der Waals surface area contributed by atoms with Gasteiger partial charge >= 0.3 is 5.97 Å². The smallest absolute Gasteiger partial charge is 0.326 e. The molecule has 2 aliphatic heterocycles. The number of methoxy groups -OCH3 is 1. The Morgan fingerprint density at radius 3 is 2.38 bits per heavy atom. The third-order valence-electron chi connectivity index (χ3n) is 11.3. The zero-order chi connectivity index (χ0) is 42.5. The van der Waals surface area contributed by atoms with Crippen LogP contribution in [0.4, 0.5) is 0 Å². The Morgan fingerprint density at radius 2 is 1.66 bits per heavy atom. The number of aromatic nitrogens is 1. The molecule has 0 bridgehead atoms. The number of ether oxygens (including phenoxy) is 4. The number of nitrogens with one attached hydrogen (secondary N) is 1. The van der Waals surface area contributed by atoms with Crippen molar-refractivity contribution < 1.29 is 33.6 Å². The molecule has 2 aliphatic rings. The number of nitrogens with zero attached hydrogens (tertiary/aromatic N) is 2. The van der Waals surface area contributed by atoms with Gasteiger partial charge in [-0.15, -0.1) is 0 Å². The molecule has 0 radical (unpaired) electrons. The summed E-state index contributed by atoms with van der Waals surface area (Å²) in [5.41, 5.74) is 7.47. The number of aliphatic carboxylic acids is 1. The summed E-state index contributed by atoms with van der Waals surface area (Å²) >= 11 is 12.2. The molecule has 10 nitrogen and oxygen atoms in total. The Morgan fingerprint density at radius 1 is 0.902 bits per heavy atom. The molecule has 1 aromatic heterocycles. The van der Waals surface area contributed by atoms with Crippen molar-refractivity contribution in [1.82, 2.24) is 15.2 Å². The molecule has 12 heteroatoms. The van der Waals surface area contributed by atoms with Gasteiger partial charge in [0.05, 0.1) is 29.4 Å². The molecule has 1 amide bonds. The molecule has 3 heterocycles. The van der Waals surface area contributed by atoms with Crippen LogP contribution >= 0.6 is 23.2 Å². The van der Waals surface area contributed by atoms with E-state index >= 15 is 0 Å². The van der Waals surface area contributed by atoms with Crippen molar-refractivity contribution in [3.63, 3.8) is 0 Å². The second kappa shape index (κ2) is 18.7. The van der Waals surface area contributed by atoms with Crippen molar-refractivity contribution >= 4 is 35.1 Å². The van der Waals surface area contributed by atoms with Gasteiger partial charge in [-0.2, -0.15) is 0 Å². The average Bonchev–Trinajstić information content (AvgIpc) is 3.29. The van der Waals surface area contributed by atoms with Crippen LogP contribution in [0.3, 0.4) is 0 Å². The Kier molecular flexibility index (Phi) is 12.8. The number of rotatable bonds is 14. The summed E-state index contributed by atoms with van der Waals surface area (Å²) < 4.78 is 24.3. The molecule has 0 spiro atoms. The van der Waals surface area contributed by atoms with Gasteiger partial charge in [-0.05, 0) is 94.3 Å². The van der Waals surface area contributed by atoms with E-state index in [1.165, 1.54) is 0 Å². The first-order chi connectivity index (χ1) is 29.7. The third kappa shape index (κ3) is 9.47. The molecular formula is C49H45Cl2N3O7. The molecule has 4 atom stereocenters. The monoisotopic (exact) mass is 857 g/mol. The number of fused-ring (bicyclic) bond motifs is 2. The highest BCUT2D eigenvalue weighted by Gasteiger charge is 2.39. The number of amides is 1. The first-order valence-electron chi connectivity index (χ1n) is 20.2. The average molecular weight is 859 g/mol. The summed E-state index contributed by atoms with van der Waals surface area (Å²) in [6, 6.07) is 34.8. The minimum atomic E-state index is -1.14. The number of benzene rings is 5. The summed E-state index contributed by atoms with van der Waals surface area (Å²) in [5.74, 6) is 1.13. The normalized spacial score (nSPS) is 16.8. The van der Waals surface area contributed by atoms with Gasteiger partial charge in [0.15, 0.2) is 17.6 Å². The molecule has 8 rings (SSSR count). The summed E-state index contributed by atoms with van der Waals surface area (Å²) in [6.45, 7) is 3.20. The Labute approximate surface area is 365 Å². The topological polar surface area (TPSA) is 119 Å². The first-order valence-corrected chi connectivity index (χ1v) is 21.0. The Bertz CT molecular complexity index is 2500. The van der Waals surface area contributed by atoms with E-state index in [4.69, 9.17) is 42.1 Å². The number of carboxylic acids is 1. The van der Waals surface area contributed by atoms with Crippen LogP contribution in [-0.2, 0) is 35.6 Å². The quantitative estimate of drug-likeness (QED) is 0.110. The van der Waals surface area contributed by atoms with Gasteiger partial charge in [0.2, 0.25) is 5.91 Å².